The first-order valence-corrected chi connectivity index (χ1v) is 16.8. The molecule has 1 heterocycles. The van der Waals surface area contributed by atoms with Gasteiger partial charge in [0.25, 0.3) is 0 Å². The van der Waals surface area contributed by atoms with E-state index in [-0.39, 0.29) is 0 Å². The van der Waals surface area contributed by atoms with E-state index in [1.807, 2.05) is 0 Å². The Morgan fingerprint density at radius 3 is 1.08 bits per heavy atom. The molecule has 184 valence electrons. The molecule has 1 aliphatic rings. The van der Waals surface area contributed by atoms with Crippen molar-refractivity contribution < 1.29 is 0 Å². The van der Waals surface area contributed by atoms with E-state index in [0.29, 0.717) is 0 Å². The molecule has 0 radical (unpaired) electrons. The summed E-state index contributed by atoms with van der Waals surface area (Å²) >= 11 is -2.58. The van der Waals surface area contributed by atoms with Crippen molar-refractivity contribution in [2.24, 2.45) is 0 Å². The van der Waals surface area contributed by atoms with E-state index in [1.54, 1.807) is 8.81 Å². The molecule has 38 heavy (non-hydrogen) atoms. The number of hydrogen-bond donors (Lipinski definition) is 0. The quantitative estimate of drug-likeness (QED) is 0.198. The van der Waals surface area contributed by atoms with Crippen LogP contribution < -0.4 is 9.30 Å². The molecule has 1 nitrogen and oxygen atoms in total. The summed E-state index contributed by atoms with van der Waals surface area (Å²) in [6.45, 7) is 0. The van der Waals surface area contributed by atoms with Crippen LogP contribution in [0.3, 0.4) is 0 Å². The second-order valence-electron chi connectivity index (χ2n) is 9.96. The molecule has 6 rings (SSSR count). The minimum absolute atomic E-state index is 1.23. The Kier molecular flexibility index (Phi) is 6.85. The van der Waals surface area contributed by atoms with Crippen LogP contribution in [-0.4, -0.2) is 28.4 Å². The van der Waals surface area contributed by atoms with E-state index in [1.165, 1.54) is 43.5 Å². The third-order valence-corrected chi connectivity index (χ3v) is 14.6. The molecule has 0 spiro atoms. The first-order valence-electron chi connectivity index (χ1n) is 13.2. The van der Waals surface area contributed by atoms with Gasteiger partial charge in [-0.15, -0.1) is 0 Å². The fraction of sp³-hybridized carbons (Fsp3) is 0.0556. The van der Waals surface area contributed by atoms with Gasteiger partial charge in [0.15, 0.2) is 0 Å². The standard InChI is InChI=1S/C36H31GeN/c1-38(2)32-25-23-31(24-26-32)37-35(29-19-11-5-12-20-29)33(27-15-7-3-8-16-27)34(28-17-9-4-10-18-28)36(37)30-21-13-6-14-22-30/h3-26,37H,1-2H3. The molecule has 1 aliphatic heterocycles. The van der Waals surface area contributed by atoms with Crippen molar-refractivity contribution >= 4 is 44.4 Å². The number of rotatable bonds is 6. The maximum absolute atomic E-state index is 2.58. The molecule has 2 heteroatoms. The Hall–Kier alpha value is -4.08. The van der Waals surface area contributed by atoms with E-state index < -0.39 is 14.3 Å². The molecule has 0 saturated heterocycles. The van der Waals surface area contributed by atoms with Gasteiger partial charge in [-0.2, -0.15) is 0 Å². The van der Waals surface area contributed by atoms with Crippen LogP contribution in [0.4, 0.5) is 5.69 Å². The van der Waals surface area contributed by atoms with Gasteiger partial charge in [-0.25, -0.2) is 0 Å². The average molecular weight is 550 g/mol. The van der Waals surface area contributed by atoms with E-state index >= 15 is 0 Å². The molecule has 5 aromatic rings. The molecule has 0 aliphatic carbocycles. The van der Waals surface area contributed by atoms with Gasteiger partial charge in [-0.1, -0.05) is 0 Å². The Labute approximate surface area is 230 Å². The molecule has 0 amide bonds. The van der Waals surface area contributed by atoms with E-state index in [4.69, 9.17) is 0 Å². The zero-order valence-corrected chi connectivity index (χ0v) is 24.3. The third-order valence-electron chi connectivity index (χ3n) is 7.40. The summed E-state index contributed by atoms with van der Waals surface area (Å²) in [4.78, 5) is 2.18. The van der Waals surface area contributed by atoms with E-state index in [0.717, 1.165) is 0 Å². The van der Waals surface area contributed by atoms with Crippen molar-refractivity contribution in [3.05, 3.63) is 168 Å². The second kappa shape index (κ2) is 10.7. The second-order valence-corrected chi connectivity index (χ2v) is 15.6. The summed E-state index contributed by atoms with van der Waals surface area (Å²) < 4.78 is 4.57. The zero-order valence-electron chi connectivity index (χ0n) is 21.9. The van der Waals surface area contributed by atoms with Crippen molar-refractivity contribution in [2.45, 2.75) is 0 Å². The number of nitrogens with zero attached hydrogens (tertiary/aromatic N) is 1. The van der Waals surface area contributed by atoms with Gasteiger partial charge in [0.05, 0.1) is 0 Å². The van der Waals surface area contributed by atoms with Crippen LogP contribution in [0.15, 0.2) is 146 Å². The maximum atomic E-state index is 2.39. The minimum atomic E-state index is -2.58. The van der Waals surface area contributed by atoms with E-state index in [9.17, 15) is 0 Å². The van der Waals surface area contributed by atoms with Crippen LogP contribution in [0.5, 0.6) is 0 Å². The van der Waals surface area contributed by atoms with Gasteiger partial charge >= 0.3 is 231 Å². The normalized spacial score (nSPS) is 13.7. The van der Waals surface area contributed by atoms with Gasteiger partial charge in [-0.3, -0.25) is 0 Å². The van der Waals surface area contributed by atoms with Crippen LogP contribution in [0.1, 0.15) is 22.3 Å². The molecule has 0 aromatic heterocycles. The number of benzene rings is 5. The predicted octanol–water partition coefficient (Wildman–Crippen LogP) is 7.50. The summed E-state index contributed by atoms with van der Waals surface area (Å²) in [5, 5.41) is 0. The Bertz CT molecular complexity index is 1490. The summed E-state index contributed by atoms with van der Waals surface area (Å²) in [6, 6.07) is 53.6. The molecule has 0 bridgehead atoms. The van der Waals surface area contributed by atoms with Crippen molar-refractivity contribution in [3.63, 3.8) is 0 Å². The molecule has 5 aromatic carbocycles. The summed E-state index contributed by atoms with van der Waals surface area (Å²) in [7, 11) is 4.22. The fourth-order valence-electron chi connectivity index (χ4n) is 5.67. The van der Waals surface area contributed by atoms with Crippen LogP contribution in [0.2, 0.25) is 0 Å². The fourth-order valence-corrected chi connectivity index (χ4v) is 13.6. The van der Waals surface area contributed by atoms with Crippen molar-refractivity contribution in [1.29, 1.82) is 0 Å². The first-order chi connectivity index (χ1) is 18.7. The van der Waals surface area contributed by atoms with Gasteiger partial charge < -0.3 is 0 Å². The molecule has 0 unspecified atom stereocenters. The monoisotopic (exact) mass is 551 g/mol. The molecule has 0 fully saturated rings. The summed E-state index contributed by atoms with van der Waals surface area (Å²) in [5.41, 5.74) is 9.27. The van der Waals surface area contributed by atoms with Crippen LogP contribution in [0.25, 0.3) is 20.0 Å². The number of allylic oxidation sites excluding steroid dienone is 2. The van der Waals surface area contributed by atoms with Gasteiger partial charge in [-0.05, 0) is 0 Å². The Balaban J connectivity index is 1.74. The van der Waals surface area contributed by atoms with Crippen molar-refractivity contribution in [1.82, 2.24) is 0 Å². The van der Waals surface area contributed by atoms with Crippen LogP contribution in [0, 0.1) is 0 Å². The van der Waals surface area contributed by atoms with Gasteiger partial charge in [0.2, 0.25) is 0 Å². The number of hydrogen-bond acceptors (Lipinski definition) is 1. The average Bonchev–Trinajstić information content (AvgIpc) is 3.35. The summed E-state index contributed by atoms with van der Waals surface area (Å²) in [5.74, 6) is 0. The van der Waals surface area contributed by atoms with Crippen molar-refractivity contribution in [3.8, 4) is 0 Å². The van der Waals surface area contributed by atoms with Crippen LogP contribution in [-0.2, 0) is 0 Å². The van der Waals surface area contributed by atoms with Crippen molar-refractivity contribution in [2.75, 3.05) is 19.0 Å². The molecular formula is C36H31GeN. The Morgan fingerprint density at radius 1 is 0.395 bits per heavy atom. The topological polar surface area (TPSA) is 3.24 Å². The Morgan fingerprint density at radius 2 is 0.737 bits per heavy atom. The van der Waals surface area contributed by atoms with Gasteiger partial charge in [0.1, 0.15) is 0 Å². The molecule has 0 saturated carbocycles. The SMILES string of the molecule is CN(C)c1cc[c]([GeH]2[C](c3ccccc3)=C(c3ccccc3)C(c3ccccc3)=[C]2c2ccccc2)cc1. The third kappa shape index (κ3) is 4.55. The zero-order chi connectivity index (χ0) is 25.9. The molecule has 0 N–H and O–H groups in total. The van der Waals surface area contributed by atoms with Crippen LogP contribution >= 0.6 is 0 Å². The van der Waals surface area contributed by atoms with E-state index in [2.05, 4.69) is 165 Å². The summed E-state index contributed by atoms with van der Waals surface area (Å²) in [6.07, 6.45) is 0. The first kappa shape index (κ1) is 24.3. The molecular weight excluding hydrogens is 519 g/mol. The predicted molar refractivity (Wildman–Crippen MR) is 167 cm³/mol. The van der Waals surface area contributed by atoms with Gasteiger partial charge in [0, 0.05) is 0 Å². The molecule has 0 atom stereocenters. The number of anilines is 1.